The minimum absolute atomic E-state index is 0.334. The lowest BCUT2D eigenvalue weighted by atomic mass is 10.1. The molecule has 96 valence electrons. The van der Waals surface area contributed by atoms with Crippen LogP contribution in [0.5, 0.6) is 0 Å². The predicted octanol–water partition coefficient (Wildman–Crippen LogP) is 2.40. The first kappa shape index (κ1) is 14.4. The van der Waals surface area contributed by atoms with E-state index < -0.39 is 15.4 Å². The van der Waals surface area contributed by atoms with Crippen molar-refractivity contribution in [3.8, 4) is 0 Å². The topological polar surface area (TPSA) is 38.7 Å². The van der Waals surface area contributed by atoms with E-state index in [2.05, 4.69) is 6.92 Å². The Morgan fingerprint density at radius 1 is 1.18 bits per heavy atom. The molecule has 0 aliphatic heterocycles. The second kappa shape index (κ2) is 8.41. The molecule has 0 spiro atoms. The SMILES string of the molecule is CCC[SiH](OCC)OCC(O)c1ccccc1. The van der Waals surface area contributed by atoms with E-state index in [4.69, 9.17) is 8.85 Å². The normalized spacial score (nSPS) is 14.5. The molecule has 0 heterocycles. The monoisotopic (exact) mass is 254 g/mol. The summed E-state index contributed by atoms with van der Waals surface area (Å²) in [6.45, 7) is 5.13. The van der Waals surface area contributed by atoms with Gasteiger partial charge in [0.1, 0.15) is 6.10 Å². The molecule has 0 saturated carbocycles. The number of aliphatic hydroxyl groups is 1. The minimum Gasteiger partial charge on any atom is -0.397 e. The molecule has 1 N–H and O–H groups in total. The average Bonchev–Trinajstić information content (AvgIpc) is 2.37. The molecular weight excluding hydrogens is 232 g/mol. The fourth-order valence-corrected chi connectivity index (χ4v) is 3.28. The van der Waals surface area contributed by atoms with E-state index in [9.17, 15) is 5.11 Å². The number of rotatable bonds is 8. The zero-order valence-electron chi connectivity index (χ0n) is 10.6. The fraction of sp³-hybridized carbons (Fsp3) is 0.538. The predicted molar refractivity (Wildman–Crippen MR) is 71.2 cm³/mol. The van der Waals surface area contributed by atoms with E-state index in [-0.39, 0.29) is 0 Å². The lowest BCUT2D eigenvalue weighted by molar-refractivity contribution is 0.0872. The standard InChI is InChI=1S/C13H22O3Si/c1-3-10-17(15-4-2)16-11-13(14)12-8-6-5-7-9-12/h5-9,13-14,17H,3-4,10-11H2,1-2H3. The van der Waals surface area contributed by atoms with Crippen molar-refractivity contribution in [1.82, 2.24) is 0 Å². The molecule has 0 aliphatic rings. The molecule has 1 rings (SSSR count). The summed E-state index contributed by atoms with van der Waals surface area (Å²) in [7, 11) is -1.57. The van der Waals surface area contributed by atoms with Gasteiger partial charge in [-0.2, -0.15) is 0 Å². The van der Waals surface area contributed by atoms with Gasteiger partial charge < -0.3 is 14.0 Å². The summed E-state index contributed by atoms with van der Waals surface area (Å²) in [6.07, 6.45) is 0.515. The lowest BCUT2D eigenvalue weighted by Gasteiger charge is -2.18. The number of hydrogen-bond donors (Lipinski definition) is 1. The third-order valence-corrected chi connectivity index (χ3v) is 4.82. The van der Waals surface area contributed by atoms with E-state index in [1.54, 1.807) is 0 Å². The second-order valence-corrected chi connectivity index (χ2v) is 6.04. The molecule has 1 aromatic carbocycles. The quantitative estimate of drug-likeness (QED) is 0.724. The van der Waals surface area contributed by atoms with Gasteiger partial charge in [-0.3, -0.25) is 0 Å². The van der Waals surface area contributed by atoms with E-state index in [0.717, 1.165) is 18.0 Å². The van der Waals surface area contributed by atoms with Gasteiger partial charge in [0.05, 0.1) is 6.61 Å². The zero-order valence-corrected chi connectivity index (χ0v) is 11.8. The molecule has 0 radical (unpaired) electrons. The Balaban J connectivity index is 2.38. The Bertz CT molecular complexity index is 286. The minimum atomic E-state index is -1.57. The van der Waals surface area contributed by atoms with E-state index in [0.29, 0.717) is 13.2 Å². The highest BCUT2D eigenvalue weighted by molar-refractivity contribution is 6.44. The Hall–Kier alpha value is -0.683. The fourth-order valence-electron chi connectivity index (χ4n) is 1.61. The Morgan fingerprint density at radius 2 is 1.88 bits per heavy atom. The summed E-state index contributed by atoms with van der Waals surface area (Å²) >= 11 is 0. The summed E-state index contributed by atoms with van der Waals surface area (Å²) in [5.41, 5.74) is 0.897. The van der Waals surface area contributed by atoms with E-state index in [1.165, 1.54) is 0 Å². The molecule has 4 heteroatoms. The van der Waals surface area contributed by atoms with Crippen LogP contribution in [0, 0.1) is 0 Å². The van der Waals surface area contributed by atoms with Crippen LogP contribution in [0.25, 0.3) is 0 Å². The number of aliphatic hydroxyl groups excluding tert-OH is 1. The van der Waals surface area contributed by atoms with Crippen LogP contribution < -0.4 is 0 Å². The molecule has 0 aliphatic carbocycles. The van der Waals surface area contributed by atoms with Crippen molar-refractivity contribution in [2.45, 2.75) is 32.4 Å². The largest absolute Gasteiger partial charge is 0.397 e. The maximum atomic E-state index is 9.95. The molecular formula is C13H22O3Si. The van der Waals surface area contributed by atoms with Gasteiger partial charge in [0.15, 0.2) is 0 Å². The van der Waals surface area contributed by atoms with Crippen LogP contribution in [0.4, 0.5) is 0 Å². The summed E-state index contributed by atoms with van der Waals surface area (Å²) in [5, 5.41) is 9.95. The Kier molecular flexibility index (Phi) is 7.12. The van der Waals surface area contributed by atoms with Crippen molar-refractivity contribution in [2.24, 2.45) is 0 Å². The van der Waals surface area contributed by atoms with Crippen molar-refractivity contribution >= 4 is 9.28 Å². The highest BCUT2D eigenvalue weighted by atomic mass is 28.3. The lowest BCUT2D eigenvalue weighted by Crippen LogP contribution is -2.25. The van der Waals surface area contributed by atoms with Crippen molar-refractivity contribution in [2.75, 3.05) is 13.2 Å². The highest BCUT2D eigenvalue weighted by Gasteiger charge is 2.14. The van der Waals surface area contributed by atoms with Gasteiger partial charge in [0.2, 0.25) is 0 Å². The molecule has 17 heavy (non-hydrogen) atoms. The second-order valence-electron chi connectivity index (χ2n) is 3.93. The van der Waals surface area contributed by atoms with Gasteiger partial charge in [-0.1, -0.05) is 43.7 Å². The average molecular weight is 254 g/mol. The highest BCUT2D eigenvalue weighted by Crippen LogP contribution is 2.13. The Morgan fingerprint density at radius 3 is 2.47 bits per heavy atom. The van der Waals surface area contributed by atoms with Crippen LogP contribution in [0.2, 0.25) is 6.04 Å². The van der Waals surface area contributed by atoms with Crippen LogP contribution in [-0.4, -0.2) is 27.6 Å². The molecule has 0 fully saturated rings. The van der Waals surface area contributed by atoms with Crippen LogP contribution in [0.1, 0.15) is 31.9 Å². The smallest absolute Gasteiger partial charge is 0.321 e. The first-order valence-electron chi connectivity index (χ1n) is 6.24. The number of hydrogen-bond acceptors (Lipinski definition) is 3. The molecule has 0 aromatic heterocycles. The maximum absolute atomic E-state index is 9.95. The summed E-state index contributed by atoms with van der Waals surface area (Å²) in [5.74, 6) is 0. The third-order valence-electron chi connectivity index (χ3n) is 2.50. The molecule has 0 saturated heterocycles. The molecule has 0 amide bonds. The molecule has 1 aromatic rings. The van der Waals surface area contributed by atoms with Gasteiger partial charge in [-0.25, -0.2) is 0 Å². The van der Waals surface area contributed by atoms with Gasteiger partial charge in [0, 0.05) is 6.61 Å². The van der Waals surface area contributed by atoms with E-state index >= 15 is 0 Å². The van der Waals surface area contributed by atoms with E-state index in [1.807, 2.05) is 37.3 Å². The van der Waals surface area contributed by atoms with Crippen molar-refractivity contribution in [3.63, 3.8) is 0 Å². The van der Waals surface area contributed by atoms with Crippen LogP contribution in [0.15, 0.2) is 30.3 Å². The number of benzene rings is 1. The van der Waals surface area contributed by atoms with Crippen LogP contribution in [-0.2, 0) is 8.85 Å². The molecule has 0 bridgehead atoms. The van der Waals surface area contributed by atoms with Crippen LogP contribution >= 0.6 is 0 Å². The maximum Gasteiger partial charge on any atom is 0.321 e. The van der Waals surface area contributed by atoms with Crippen LogP contribution in [0.3, 0.4) is 0 Å². The summed E-state index contributed by atoms with van der Waals surface area (Å²) in [6, 6.07) is 10.6. The van der Waals surface area contributed by atoms with Crippen molar-refractivity contribution in [3.05, 3.63) is 35.9 Å². The van der Waals surface area contributed by atoms with Gasteiger partial charge >= 0.3 is 9.28 Å². The van der Waals surface area contributed by atoms with Crippen molar-refractivity contribution in [1.29, 1.82) is 0 Å². The molecule has 2 atom stereocenters. The molecule has 3 nitrogen and oxygen atoms in total. The van der Waals surface area contributed by atoms with Gasteiger partial charge in [0.25, 0.3) is 0 Å². The third kappa shape index (κ3) is 5.45. The first-order chi connectivity index (χ1) is 8.27. The van der Waals surface area contributed by atoms with Gasteiger partial charge in [-0.15, -0.1) is 0 Å². The summed E-state index contributed by atoms with van der Waals surface area (Å²) < 4.78 is 11.3. The molecule has 2 unspecified atom stereocenters. The van der Waals surface area contributed by atoms with Crippen molar-refractivity contribution < 1.29 is 14.0 Å². The Labute approximate surface area is 105 Å². The van der Waals surface area contributed by atoms with Gasteiger partial charge in [-0.05, 0) is 18.5 Å². The zero-order chi connectivity index (χ0) is 12.5. The first-order valence-corrected chi connectivity index (χ1v) is 8.00. The summed E-state index contributed by atoms with van der Waals surface area (Å²) in [4.78, 5) is 0.